The van der Waals surface area contributed by atoms with E-state index in [9.17, 15) is 0 Å². The van der Waals surface area contributed by atoms with E-state index in [0.717, 1.165) is 24.9 Å². The van der Waals surface area contributed by atoms with Crippen molar-refractivity contribution in [1.82, 2.24) is 0 Å². The van der Waals surface area contributed by atoms with Crippen LogP contribution in [0.15, 0.2) is 188 Å². The Labute approximate surface area is 407 Å². The monoisotopic (exact) mass is 886 g/mol. The minimum atomic E-state index is 0.671. The van der Waals surface area contributed by atoms with E-state index in [1.54, 1.807) is 0 Å². The third-order valence-corrected chi connectivity index (χ3v) is 14.4. The molecule has 0 radical (unpaired) electrons. The Kier molecular flexibility index (Phi) is 13.9. The van der Waals surface area contributed by atoms with Crippen molar-refractivity contribution >= 4 is 22.6 Å². The molecule has 0 aliphatic heterocycles. The molecule has 0 N–H and O–H groups in total. The number of rotatable bonds is 12. The highest BCUT2D eigenvalue weighted by Gasteiger charge is 2.25. The number of allylic oxidation sites excluding steroid dienone is 3. The number of fused-ring (bicyclic) bond motifs is 3. The molecule has 8 aromatic carbocycles. The molecule has 2 aliphatic carbocycles. The summed E-state index contributed by atoms with van der Waals surface area (Å²) in [5.74, 6) is 0.671. The van der Waals surface area contributed by atoms with Gasteiger partial charge in [0.25, 0.3) is 0 Å². The van der Waals surface area contributed by atoms with Gasteiger partial charge in [-0.3, -0.25) is 0 Å². The molecule has 0 aromatic heterocycles. The highest BCUT2D eigenvalue weighted by Crippen LogP contribution is 2.47. The Morgan fingerprint density at radius 2 is 1.13 bits per heavy atom. The van der Waals surface area contributed by atoms with Crippen molar-refractivity contribution < 1.29 is 0 Å². The summed E-state index contributed by atoms with van der Waals surface area (Å²) in [6.45, 7) is 19.8. The molecule has 1 heteroatoms. The maximum absolute atomic E-state index is 4.24. The highest BCUT2D eigenvalue weighted by atomic mass is 15.1. The van der Waals surface area contributed by atoms with Gasteiger partial charge in [-0.25, -0.2) is 0 Å². The molecule has 0 unspecified atom stereocenters. The van der Waals surface area contributed by atoms with Gasteiger partial charge in [-0.05, 0) is 196 Å². The van der Waals surface area contributed by atoms with E-state index in [4.69, 9.17) is 0 Å². The molecule has 0 saturated heterocycles. The minimum Gasteiger partial charge on any atom is -0.310 e. The fourth-order valence-electron chi connectivity index (χ4n) is 10.8. The third kappa shape index (κ3) is 9.07. The lowest BCUT2D eigenvalue weighted by molar-refractivity contribution is 0.420. The first kappa shape index (κ1) is 46.2. The smallest absolute Gasteiger partial charge is 0.0464 e. The molecule has 0 heterocycles. The van der Waals surface area contributed by atoms with Crippen molar-refractivity contribution in [1.29, 1.82) is 0 Å². The SMILES string of the molecule is C=C/C(=C(/C)CCC)c1cccc(-c2c(C)cccc2-c2ccc3c(c2)Cc2cc(N(c4ccc(-c5ccccc5)cc4)c4ccc(-c5ccccc5C5CCC5)c(C)c4)ccc2-3)c1C.CCC. The lowest BCUT2D eigenvalue weighted by Crippen LogP contribution is -2.11. The van der Waals surface area contributed by atoms with E-state index in [1.165, 1.54) is 143 Å². The number of hydrogen-bond acceptors (Lipinski definition) is 1. The zero-order valence-corrected chi connectivity index (χ0v) is 41.4. The molecule has 0 amide bonds. The molecular weight excluding hydrogens is 819 g/mol. The molecule has 0 spiro atoms. The zero-order chi connectivity index (χ0) is 47.3. The van der Waals surface area contributed by atoms with Crippen LogP contribution in [0.2, 0.25) is 0 Å². The molecule has 0 atom stereocenters. The van der Waals surface area contributed by atoms with Crippen LogP contribution < -0.4 is 4.90 Å². The summed E-state index contributed by atoms with van der Waals surface area (Å²) in [4.78, 5) is 2.45. The van der Waals surface area contributed by atoms with E-state index in [2.05, 4.69) is 230 Å². The average Bonchev–Trinajstić information content (AvgIpc) is 3.70. The van der Waals surface area contributed by atoms with E-state index in [1.807, 2.05) is 6.08 Å². The summed E-state index contributed by atoms with van der Waals surface area (Å²) >= 11 is 0. The first-order chi connectivity index (χ1) is 33.2. The molecule has 1 nitrogen and oxygen atoms in total. The van der Waals surface area contributed by atoms with Gasteiger partial charge < -0.3 is 4.90 Å². The standard InChI is InChI=1S/C64H59N.C3H8/c1-7-17-42(3)55(8-2)57-25-16-26-58(45(57)6)64-43(4)18-14-27-62(64)49-30-35-60-50(39-49)40-51-41-54(34-37-61(51)60)65(52-31-28-47(29-32-52)46-19-10-9-11-20-46)53-33-36-56(44(5)38-53)63-24-13-12-23-59(63)48-21-15-22-48;1-3-2/h8-14,16,18-20,23-39,41,48H,2,7,15,17,21-22,40H2,1,3-6H3;3H2,1-2H3/b55-42+;. The Balaban J connectivity index is 0.00000188. The maximum atomic E-state index is 4.24. The predicted octanol–water partition coefficient (Wildman–Crippen LogP) is 19.8. The van der Waals surface area contributed by atoms with Crippen molar-refractivity contribution in [3.8, 4) is 55.6 Å². The van der Waals surface area contributed by atoms with Gasteiger partial charge in [0.05, 0.1) is 0 Å². The number of hydrogen-bond donors (Lipinski definition) is 0. The summed E-state index contributed by atoms with van der Waals surface area (Å²) < 4.78 is 0. The topological polar surface area (TPSA) is 3.24 Å². The van der Waals surface area contributed by atoms with Crippen molar-refractivity contribution in [3.63, 3.8) is 0 Å². The van der Waals surface area contributed by atoms with Crippen LogP contribution in [0.5, 0.6) is 0 Å². The van der Waals surface area contributed by atoms with Gasteiger partial charge in [-0.1, -0.05) is 192 Å². The summed E-state index contributed by atoms with van der Waals surface area (Å²) in [6, 6.07) is 63.8. The maximum Gasteiger partial charge on any atom is 0.0464 e. The molecule has 68 heavy (non-hydrogen) atoms. The molecule has 8 aromatic rings. The number of anilines is 3. The Morgan fingerprint density at radius 1 is 0.544 bits per heavy atom. The summed E-state index contributed by atoms with van der Waals surface area (Å²) in [6.07, 6.45) is 10.3. The number of benzene rings is 8. The van der Waals surface area contributed by atoms with Crippen LogP contribution in [0.4, 0.5) is 17.1 Å². The molecule has 340 valence electrons. The van der Waals surface area contributed by atoms with Crippen molar-refractivity contribution in [2.45, 2.75) is 99.3 Å². The molecule has 1 fully saturated rings. The van der Waals surface area contributed by atoms with Crippen LogP contribution in [0.25, 0.3) is 61.2 Å². The highest BCUT2D eigenvalue weighted by molar-refractivity contribution is 5.92. The molecule has 10 rings (SSSR count). The minimum absolute atomic E-state index is 0.671. The Hall–Kier alpha value is -6.96. The molecular formula is C67H67N. The third-order valence-electron chi connectivity index (χ3n) is 14.4. The van der Waals surface area contributed by atoms with Crippen LogP contribution in [-0.4, -0.2) is 0 Å². The van der Waals surface area contributed by atoms with Crippen molar-refractivity contribution in [2.24, 2.45) is 0 Å². The van der Waals surface area contributed by atoms with Crippen molar-refractivity contribution in [3.05, 3.63) is 227 Å². The summed E-state index contributed by atoms with van der Waals surface area (Å²) in [7, 11) is 0. The van der Waals surface area contributed by atoms with Crippen LogP contribution in [0.3, 0.4) is 0 Å². The second-order valence-electron chi connectivity index (χ2n) is 19.2. The van der Waals surface area contributed by atoms with E-state index < -0.39 is 0 Å². The van der Waals surface area contributed by atoms with Crippen LogP contribution in [0.1, 0.15) is 111 Å². The van der Waals surface area contributed by atoms with Gasteiger partial charge in [0.15, 0.2) is 0 Å². The number of nitrogens with zero attached hydrogens (tertiary/aromatic N) is 1. The summed E-state index contributed by atoms with van der Waals surface area (Å²) in [5, 5.41) is 0. The van der Waals surface area contributed by atoms with Crippen molar-refractivity contribution in [2.75, 3.05) is 4.90 Å². The fourth-order valence-corrected chi connectivity index (χ4v) is 10.8. The molecule has 1 saturated carbocycles. The Bertz CT molecular complexity index is 3120. The second kappa shape index (κ2) is 20.5. The molecule has 2 aliphatic rings. The fraction of sp³-hybridized carbons (Fsp3) is 0.224. The lowest BCUT2D eigenvalue weighted by atomic mass is 9.77. The van der Waals surface area contributed by atoms with Gasteiger partial charge in [0, 0.05) is 17.1 Å². The van der Waals surface area contributed by atoms with E-state index in [-0.39, 0.29) is 0 Å². The van der Waals surface area contributed by atoms with Gasteiger partial charge >= 0.3 is 0 Å². The Morgan fingerprint density at radius 3 is 1.82 bits per heavy atom. The summed E-state index contributed by atoms with van der Waals surface area (Å²) in [5.41, 5.74) is 28.5. The molecule has 0 bridgehead atoms. The van der Waals surface area contributed by atoms with E-state index in [0.29, 0.717) is 5.92 Å². The van der Waals surface area contributed by atoms with Crippen LogP contribution in [-0.2, 0) is 6.42 Å². The van der Waals surface area contributed by atoms with Gasteiger partial charge in [-0.15, -0.1) is 0 Å². The normalized spacial score (nSPS) is 13.1. The van der Waals surface area contributed by atoms with Gasteiger partial charge in [0.1, 0.15) is 0 Å². The van der Waals surface area contributed by atoms with Gasteiger partial charge in [-0.2, -0.15) is 0 Å². The van der Waals surface area contributed by atoms with E-state index >= 15 is 0 Å². The predicted molar refractivity (Wildman–Crippen MR) is 296 cm³/mol. The second-order valence-corrected chi connectivity index (χ2v) is 19.2. The van der Waals surface area contributed by atoms with Gasteiger partial charge in [0.2, 0.25) is 0 Å². The lowest BCUT2D eigenvalue weighted by Gasteiger charge is -2.29. The quantitative estimate of drug-likeness (QED) is 0.111. The van der Waals surface area contributed by atoms with Crippen LogP contribution >= 0.6 is 0 Å². The largest absolute Gasteiger partial charge is 0.310 e. The van der Waals surface area contributed by atoms with Crippen LogP contribution in [0, 0.1) is 20.8 Å². The number of aryl methyl sites for hydroxylation is 2. The first-order valence-electron chi connectivity index (χ1n) is 25.2. The first-order valence-corrected chi connectivity index (χ1v) is 25.2. The zero-order valence-electron chi connectivity index (χ0n) is 41.4. The average molecular weight is 886 g/mol.